The van der Waals surface area contributed by atoms with Crippen LogP contribution in [-0.2, 0) is 32.0 Å². The molecule has 0 aromatic heterocycles. The number of ether oxygens (including phenoxy) is 5. The lowest BCUT2D eigenvalue weighted by Gasteiger charge is -2.26. The molecule has 1 heterocycles. The third-order valence-electron chi connectivity index (χ3n) is 6.91. The molecule has 40 heavy (non-hydrogen) atoms. The predicted octanol–water partition coefficient (Wildman–Crippen LogP) is 5.90. The van der Waals surface area contributed by atoms with Gasteiger partial charge in [-0.3, -0.25) is 9.59 Å². The van der Waals surface area contributed by atoms with Crippen LogP contribution in [0.4, 0.5) is 5.69 Å². The van der Waals surface area contributed by atoms with Crippen molar-refractivity contribution in [3.05, 3.63) is 81.9 Å². The summed E-state index contributed by atoms with van der Waals surface area (Å²) in [6.07, 6.45) is -1.40. The highest BCUT2D eigenvalue weighted by Gasteiger charge is 2.39. The Morgan fingerprint density at radius 1 is 0.950 bits per heavy atom. The van der Waals surface area contributed by atoms with Gasteiger partial charge in [0.2, 0.25) is 0 Å². The predicted molar refractivity (Wildman–Crippen MR) is 153 cm³/mol. The van der Waals surface area contributed by atoms with Gasteiger partial charge in [0.25, 0.3) is 5.91 Å². The van der Waals surface area contributed by atoms with Crippen LogP contribution >= 0.6 is 11.6 Å². The molecule has 0 N–H and O–H groups in total. The number of esters is 1. The van der Waals surface area contributed by atoms with Crippen molar-refractivity contribution in [3.63, 3.8) is 0 Å². The summed E-state index contributed by atoms with van der Waals surface area (Å²) in [5, 5.41) is 0.492. The van der Waals surface area contributed by atoms with Gasteiger partial charge in [0.05, 0.1) is 46.6 Å². The summed E-state index contributed by atoms with van der Waals surface area (Å²) in [7, 11) is 4.76. The number of rotatable bonds is 10. The SMILES string of the molecule is CCOC(=O)C[C@H]1O[C@H](c2cccc(OC)c2CC)c2cc(Cl)ccc2N(Cc2ccc(OC)cc2OC)C1=O. The van der Waals surface area contributed by atoms with Crippen LogP contribution in [0.3, 0.4) is 0 Å². The lowest BCUT2D eigenvalue weighted by atomic mass is 9.93. The number of halogens is 1. The van der Waals surface area contributed by atoms with E-state index in [2.05, 4.69) is 0 Å². The Labute approximate surface area is 239 Å². The topological polar surface area (TPSA) is 83.5 Å². The second-order valence-electron chi connectivity index (χ2n) is 9.20. The molecule has 8 nitrogen and oxygen atoms in total. The summed E-state index contributed by atoms with van der Waals surface area (Å²) in [4.78, 5) is 28.5. The third kappa shape index (κ3) is 6.03. The van der Waals surface area contributed by atoms with Crippen molar-refractivity contribution in [1.82, 2.24) is 0 Å². The van der Waals surface area contributed by atoms with E-state index in [1.165, 1.54) is 0 Å². The van der Waals surface area contributed by atoms with Crippen molar-refractivity contribution < 1.29 is 33.3 Å². The molecule has 3 aromatic rings. The van der Waals surface area contributed by atoms with Gasteiger partial charge in [0.1, 0.15) is 29.5 Å². The minimum absolute atomic E-state index is 0.161. The molecule has 4 rings (SSSR count). The number of fused-ring (bicyclic) bond motifs is 1. The van der Waals surface area contributed by atoms with Gasteiger partial charge in [-0.15, -0.1) is 0 Å². The molecule has 9 heteroatoms. The third-order valence-corrected chi connectivity index (χ3v) is 7.15. The molecule has 212 valence electrons. The Hall–Kier alpha value is -3.75. The molecule has 1 aliphatic rings. The highest BCUT2D eigenvalue weighted by molar-refractivity contribution is 6.30. The van der Waals surface area contributed by atoms with Gasteiger partial charge >= 0.3 is 5.97 Å². The second kappa shape index (κ2) is 13.1. The summed E-state index contributed by atoms with van der Waals surface area (Å²) < 4.78 is 28.4. The highest BCUT2D eigenvalue weighted by atomic mass is 35.5. The molecule has 0 saturated heterocycles. The molecule has 1 amide bonds. The monoisotopic (exact) mass is 567 g/mol. The van der Waals surface area contributed by atoms with E-state index in [0.717, 1.165) is 16.7 Å². The van der Waals surface area contributed by atoms with E-state index >= 15 is 0 Å². The Morgan fingerprint density at radius 3 is 2.40 bits per heavy atom. The summed E-state index contributed by atoms with van der Waals surface area (Å²) in [6.45, 7) is 4.11. The van der Waals surface area contributed by atoms with Gasteiger partial charge in [-0.25, -0.2) is 0 Å². The fraction of sp³-hybridized carbons (Fsp3) is 0.355. The quantitative estimate of drug-likeness (QED) is 0.282. The standard InChI is InChI=1S/C31H34ClNO7/c1-6-22-23(9-8-10-26(22)37-4)30-24-15-20(32)12-14-25(24)33(31(35)28(40-30)17-29(34)39-7-2)18-19-11-13-21(36-3)16-27(19)38-5/h8-16,28,30H,6-7,17-18H2,1-5H3/t28-,30-/m1/s1. The number of anilines is 1. The van der Waals surface area contributed by atoms with Crippen LogP contribution in [0.5, 0.6) is 17.2 Å². The van der Waals surface area contributed by atoms with Crippen LogP contribution in [0, 0.1) is 0 Å². The van der Waals surface area contributed by atoms with Crippen molar-refractivity contribution in [2.75, 3.05) is 32.8 Å². The Morgan fingerprint density at radius 2 is 1.73 bits per heavy atom. The zero-order chi connectivity index (χ0) is 28.8. The molecular weight excluding hydrogens is 534 g/mol. The number of benzene rings is 3. The fourth-order valence-electron chi connectivity index (χ4n) is 5.03. The molecule has 2 atom stereocenters. The number of carbonyl (C=O) groups excluding carboxylic acids is 2. The van der Waals surface area contributed by atoms with E-state index in [4.69, 9.17) is 35.3 Å². The van der Waals surface area contributed by atoms with E-state index in [9.17, 15) is 9.59 Å². The van der Waals surface area contributed by atoms with Crippen LogP contribution < -0.4 is 19.1 Å². The number of amides is 1. The van der Waals surface area contributed by atoms with E-state index < -0.39 is 18.2 Å². The van der Waals surface area contributed by atoms with Gasteiger partial charge in [0, 0.05) is 22.2 Å². The first kappa shape index (κ1) is 29.2. The van der Waals surface area contributed by atoms with Crippen molar-refractivity contribution >= 4 is 29.2 Å². The van der Waals surface area contributed by atoms with E-state index in [-0.39, 0.29) is 25.5 Å². The average molecular weight is 568 g/mol. The molecule has 0 unspecified atom stereocenters. The number of carbonyl (C=O) groups is 2. The van der Waals surface area contributed by atoms with E-state index in [0.29, 0.717) is 39.9 Å². The van der Waals surface area contributed by atoms with Crippen LogP contribution in [0.15, 0.2) is 54.6 Å². The molecule has 1 aliphatic heterocycles. The maximum Gasteiger partial charge on any atom is 0.308 e. The van der Waals surface area contributed by atoms with Gasteiger partial charge in [-0.2, -0.15) is 0 Å². The minimum Gasteiger partial charge on any atom is -0.497 e. The Balaban J connectivity index is 1.90. The first-order valence-corrected chi connectivity index (χ1v) is 13.5. The first-order valence-electron chi connectivity index (χ1n) is 13.1. The average Bonchev–Trinajstić information content (AvgIpc) is 3.07. The molecule has 0 radical (unpaired) electrons. The van der Waals surface area contributed by atoms with E-state index in [1.807, 2.05) is 37.3 Å². The molecule has 0 saturated carbocycles. The summed E-state index contributed by atoms with van der Waals surface area (Å²) in [5.74, 6) is 1.01. The lowest BCUT2D eigenvalue weighted by Crippen LogP contribution is -2.40. The van der Waals surface area contributed by atoms with Crippen molar-refractivity contribution in [1.29, 1.82) is 0 Å². The van der Waals surface area contributed by atoms with E-state index in [1.54, 1.807) is 57.4 Å². The number of methoxy groups -OCH3 is 3. The highest BCUT2D eigenvalue weighted by Crippen LogP contribution is 2.43. The minimum atomic E-state index is -1.12. The van der Waals surface area contributed by atoms with Crippen molar-refractivity contribution in [3.8, 4) is 17.2 Å². The van der Waals surface area contributed by atoms with Crippen LogP contribution in [0.25, 0.3) is 0 Å². The van der Waals surface area contributed by atoms with Crippen LogP contribution in [-0.4, -0.2) is 45.9 Å². The second-order valence-corrected chi connectivity index (χ2v) is 9.64. The molecule has 0 bridgehead atoms. The zero-order valence-electron chi connectivity index (χ0n) is 23.4. The largest absolute Gasteiger partial charge is 0.497 e. The van der Waals surface area contributed by atoms with Crippen LogP contribution in [0.1, 0.15) is 48.6 Å². The molecule has 3 aromatic carbocycles. The Bertz CT molecular complexity index is 1380. The molecule has 0 aliphatic carbocycles. The normalized spacial score (nSPS) is 16.6. The van der Waals surface area contributed by atoms with Gasteiger partial charge in [-0.1, -0.05) is 30.7 Å². The van der Waals surface area contributed by atoms with Gasteiger partial charge in [0.15, 0.2) is 0 Å². The van der Waals surface area contributed by atoms with Gasteiger partial charge < -0.3 is 28.6 Å². The maximum atomic E-state index is 14.2. The molecule has 0 spiro atoms. The summed E-state index contributed by atoms with van der Waals surface area (Å²) in [5.41, 5.74) is 3.84. The summed E-state index contributed by atoms with van der Waals surface area (Å²) in [6, 6.07) is 16.5. The van der Waals surface area contributed by atoms with Crippen LogP contribution in [0.2, 0.25) is 5.02 Å². The number of nitrogens with zero attached hydrogens (tertiary/aromatic N) is 1. The molecule has 0 fully saturated rings. The number of hydrogen-bond acceptors (Lipinski definition) is 7. The number of hydrogen-bond donors (Lipinski definition) is 0. The molecular formula is C31H34ClNO7. The van der Waals surface area contributed by atoms with Crippen molar-refractivity contribution in [2.24, 2.45) is 0 Å². The smallest absolute Gasteiger partial charge is 0.308 e. The zero-order valence-corrected chi connectivity index (χ0v) is 24.1. The first-order chi connectivity index (χ1) is 19.3. The summed E-state index contributed by atoms with van der Waals surface area (Å²) >= 11 is 6.51. The van der Waals surface area contributed by atoms with Gasteiger partial charge in [-0.05, 0) is 60.9 Å². The van der Waals surface area contributed by atoms with Crippen molar-refractivity contribution in [2.45, 2.75) is 45.4 Å². The Kier molecular flexibility index (Phi) is 9.55. The lowest BCUT2D eigenvalue weighted by molar-refractivity contribution is -0.151. The fourth-order valence-corrected chi connectivity index (χ4v) is 5.21. The maximum absolute atomic E-state index is 14.2.